The van der Waals surface area contributed by atoms with E-state index in [1.54, 1.807) is 43.5 Å². The molecule has 0 saturated heterocycles. The van der Waals surface area contributed by atoms with Crippen LogP contribution in [0.2, 0.25) is 0 Å². The first kappa shape index (κ1) is 30.3. The van der Waals surface area contributed by atoms with Gasteiger partial charge in [0, 0.05) is 34.9 Å². The second kappa shape index (κ2) is 12.8. The quantitative estimate of drug-likeness (QED) is 0.176. The summed E-state index contributed by atoms with van der Waals surface area (Å²) in [6, 6.07) is 21.4. The SMILES string of the molecule is COc1cc(Cc2cc(O)ccc2-c2cccc(O)c2)c2c(c1)[C@@H](O)[C@@H]([C@@H]1COc3ccc(OC4CCCCC4)cc3[C@@H]1O)CO2. The van der Waals surface area contributed by atoms with Crippen molar-refractivity contribution in [3.8, 4) is 45.6 Å². The first-order chi connectivity index (χ1) is 22.4. The molecule has 0 amide bonds. The number of aliphatic hydroxyl groups is 2. The lowest BCUT2D eigenvalue weighted by Crippen LogP contribution is -2.40. The molecule has 46 heavy (non-hydrogen) atoms. The van der Waals surface area contributed by atoms with Crippen LogP contribution in [0.3, 0.4) is 0 Å². The fourth-order valence-electron chi connectivity index (χ4n) is 7.28. The highest BCUT2D eigenvalue weighted by Crippen LogP contribution is 2.49. The van der Waals surface area contributed by atoms with E-state index in [0.717, 1.165) is 40.8 Å². The van der Waals surface area contributed by atoms with Crippen LogP contribution < -0.4 is 18.9 Å². The number of benzene rings is 4. The van der Waals surface area contributed by atoms with Crippen LogP contribution in [0.25, 0.3) is 11.1 Å². The number of methoxy groups -OCH3 is 1. The summed E-state index contributed by atoms with van der Waals surface area (Å²) >= 11 is 0. The second-order valence-corrected chi connectivity index (χ2v) is 12.7. The molecule has 4 N–H and O–H groups in total. The Kier molecular flexibility index (Phi) is 8.40. The van der Waals surface area contributed by atoms with Gasteiger partial charge in [-0.15, -0.1) is 0 Å². The van der Waals surface area contributed by atoms with Crippen LogP contribution >= 0.6 is 0 Å². The lowest BCUT2D eigenvalue weighted by molar-refractivity contribution is -0.0555. The van der Waals surface area contributed by atoms with Crippen molar-refractivity contribution < 1.29 is 39.4 Å². The van der Waals surface area contributed by atoms with Gasteiger partial charge in [-0.1, -0.05) is 24.6 Å². The highest BCUT2D eigenvalue weighted by molar-refractivity contribution is 5.70. The average Bonchev–Trinajstić information content (AvgIpc) is 3.06. The zero-order chi connectivity index (χ0) is 31.8. The van der Waals surface area contributed by atoms with Gasteiger partial charge in [-0.25, -0.2) is 0 Å². The number of aromatic hydroxyl groups is 2. The number of hydrogen-bond acceptors (Lipinski definition) is 8. The Morgan fingerprint density at radius 1 is 0.717 bits per heavy atom. The van der Waals surface area contributed by atoms with E-state index in [-0.39, 0.29) is 30.8 Å². The van der Waals surface area contributed by atoms with E-state index in [1.165, 1.54) is 19.3 Å². The Balaban J connectivity index is 1.16. The van der Waals surface area contributed by atoms with Gasteiger partial charge in [0.15, 0.2) is 0 Å². The van der Waals surface area contributed by atoms with E-state index in [1.807, 2.05) is 36.4 Å². The van der Waals surface area contributed by atoms with Crippen molar-refractivity contribution in [2.45, 2.75) is 56.8 Å². The minimum absolute atomic E-state index is 0.121. The molecule has 3 aliphatic rings. The zero-order valence-corrected chi connectivity index (χ0v) is 25.9. The maximum Gasteiger partial charge on any atom is 0.128 e. The summed E-state index contributed by atoms with van der Waals surface area (Å²) in [6.45, 7) is 0.427. The number of phenols is 2. The van der Waals surface area contributed by atoms with Gasteiger partial charge >= 0.3 is 0 Å². The molecule has 2 aliphatic heterocycles. The Morgan fingerprint density at radius 3 is 2.24 bits per heavy atom. The molecule has 0 unspecified atom stereocenters. The van der Waals surface area contributed by atoms with Gasteiger partial charge in [0.2, 0.25) is 0 Å². The highest BCUT2D eigenvalue weighted by atomic mass is 16.5. The molecule has 4 aromatic rings. The molecule has 0 bridgehead atoms. The number of fused-ring (bicyclic) bond motifs is 2. The molecule has 0 radical (unpaired) electrons. The van der Waals surface area contributed by atoms with Crippen molar-refractivity contribution in [3.63, 3.8) is 0 Å². The fourth-order valence-corrected chi connectivity index (χ4v) is 7.28. The minimum Gasteiger partial charge on any atom is -0.508 e. The van der Waals surface area contributed by atoms with Crippen molar-refractivity contribution in [2.24, 2.45) is 11.8 Å². The van der Waals surface area contributed by atoms with Gasteiger partial charge in [0.05, 0.1) is 38.6 Å². The normalized spacial score (nSPS) is 22.6. The largest absolute Gasteiger partial charge is 0.508 e. The zero-order valence-electron chi connectivity index (χ0n) is 25.9. The van der Waals surface area contributed by atoms with Gasteiger partial charge in [0.1, 0.15) is 34.5 Å². The van der Waals surface area contributed by atoms with Gasteiger partial charge < -0.3 is 39.4 Å². The van der Waals surface area contributed by atoms with Gasteiger partial charge in [-0.05, 0) is 97.0 Å². The third-order valence-corrected chi connectivity index (χ3v) is 9.72. The van der Waals surface area contributed by atoms with Crippen LogP contribution in [-0.2, 0) is 6.42 Å². The molecule has 8 nitrogen and oxygen atoms in total. The molecule has 2 heterocycles. The smallest absolute Gasteiger partial charge is 0.128 e. The van der Waals surface area contributed by atoms with Crippen molar-refractivity contribution >= 4 is 0 Å². The molecule has 8 heteroatoms. The third-order valence-electron chi connectivity index (χ3n) is 9.72. The number of hydrogen-bond donors (Lipinski definition) is 4. The third kappa shape index (κ3) is 5.95. The number of ether oxygens (including phenoxy) is 4. The summed E-state index contributed by atoms with van der Waals surface area (Å²) in [4.78, 5) is 0. The Hall–Kier alpha value is -4.40. The molecule has 1 saturated carbocycles. The van der Waals surface area contributed by atoms with Crippen LogP contribution in [0.15, 0.2) is 72.8 Å². The Bertz CT molecular complexity index is 1710. The minimum atomic E-state index is -0.946. The lowest BCUT2D eigenvalue weighted by atomic mass is 9.77. The molecule has 1 fully saturated rings. The summed E-state index contributed by atoms with van der Waals surface area (Å²) in [5.74, 6) is 1.89. The molecule has 1 aliphatic carbocycles. The predicted molar refractivity (Wildman–Crippen MR) is 173 cm³/mol. The monoisotopic (exact) mass is 624 g/mol. The average molecular weight is 625 g/mol. The topological polar surface area (TPSA) is 118 Å². The first-order valence-electron chi connectivity index (χ1n) is 16.1. The molecule has 240 valence electrons. The Labute approximate surface area is 268 Å². The van der Waals surface area contributed by atoms with Crippen molar-refractivity contribution in [1.82, 2.24) is 0 Å². The van der Waals surface area contributed by atoms with E-state index in [4.69, 9.17) is 18.9 Å². The summed E-state index contributed by atoms with van der Waals surface area (Å²) < 4.78 is 24.4. The number of phenolic OH excluding ortho intramolecular Hbond substituents is 2. The summed E-state index contributed by atoms with van der Waals surface area (Å²) in [7, 11) is 1.58. The van der Waals surface area contributed by atoms with Crippen molar-refractivity contribution in [2.75, 3.05) is 20.3 Å². The predicted octanol–water partition coefficient (Wildman–Crippen LogP) is 6.86. The maximum absolute atomic E-state index is 11.8. The molecule has 4 aromatic carbocycles. The maximum atomic E-state index is 11.8. The number of aliphatic hydroxyl groups excluding tert-OH is 2. The van der Waals surface area contributed by atoms with Crippen molar-refractivity contribution in [3.05, 3.63) is 95.1 Å². The summed E-state index contributed by atoms with van der Waals surface area (Å²) in [6.07, 6.45) is 4.42. The highest BCUT2D eigenvalue weighted by Gasteiger charge is 2.43. The lowest BCUT2D eigenvalue weighted by Gasteiger charge is -2.40. The van der Waals surface area contributed by atoms with Crippen LogP contribution in [0.5, 0.6) is 34.5 Å². The van der Waals surface area contributed by atoms with Crippen molar-refractivity contribution in [1.29, 1.82) is 0 Å². The molecular formula is C38H40O8. The van der Waals surface area contributed by atoms with Crippen LogP contribution in [0.1, 0.15) is 66.6 Å². The molecule has 4 atom stereocenters. The van der Waals surface area contributed by atoms with Crippen LogP contribution in [0.4, 0.5) is 0 Å². The molecule has 0 aromatic heterocycles. The molecule has 0 spiro atoms. The Morgan fingerprint density at radius 2 is 1.46 bits per heavy atom. The van der Waals surface area contributed by atoms with Crippen LogP contribution in [0, 0.1) is 11.8 Å². The van der Waals surface area contributed by atoms with E-state index >= 15 is 0 Å². The van der Waals surface area contributed by atoms with Gasteiger partial charge in [-0.2, -0.15) is 0 Å². The summed E-state index contributed by atoms with van der Waals surface area (Å²) in [5, 5.41) is 44.0. The number of rotatable bonds is 7. The van der Waals surface area contributed by atoms with E-state index in [0.29, 0.717) is 34.8 Å². The summed E-state index contributed by atoms with van der Waals surface area (Å²) in [5.41, 5.74) is 4.52. The first-order valence-corrected chi connectivity index (χ1v) is 16.1. The second-order valence-electron chi connectivity index (χ2n) is 12.7. The van der Waals surface area contributed by atoms with E-state index in [9.17, 15) is 20.4 Å². The van der Waals surface area contributed by atoms with Gasteiger partial charge in [-0.3, -0.25) is 0 Å². The van der Waals surface area contributed by atoms with Gasteiger partial charge in [0.25, 0.3) is 0 Å². The van der Waals surface area contributed by atoms with E-state index in [2.05, 4.69) is 0 Å². The molecule has 7 rings (SSSR count). The molecular weight excluding hydrogens is 584 g/mol. The standard InChI is InChI=1S/C38H40O8/c1-43-29-17-24(14-23-16-26(40)10-12-30(23)22-6-5-7-25(39)15-22)38-32(19-29)37(42)34(21-45-38)33-20-44-35-13-11-28(18-31(35)36(33)41)46-27-8-3-2-4-9-27/h5-7,10-13,15-19,27,33-34,36-37,39-42H,2-4,8-9,14,20-21H2,1H3/t33-,34+,36-,37+/m0/s1. The van der Waals surface area contributed by atoms with Crippen LogP contribution in [-0.4, -0.2) is 46.9 Å². The van der Waals surface area contributed by atoms with E-state index < -0.39 is 24.0 Å². The fraction of sp³-hybridized carbons (Fsp3) is 0.368.